The van der Waals surface area contributed by atoms with Crippen molar-refractivity contribution in [2.45, 2.75) is 31.0 Å². The summed E-state index contributed by atoms with van der Waals surface area (Å²) in [6.45, 7) is 3.81. The van der Waals surface area contributed by atoms with E-state index in [1.165, 1.54) is 0 Å². The molecule has 1 heterocycles. The minimum absolute atomic E-state index is 0.586. The van der Waals surface area contributed by atoms with E-state index in [9.17, 15) is 5.11 Å². The zero-order valence-corrected chi connectivity index (χ0v) is 8.19. The van der Waals surface area contributed by atoms with Gasteiger partial charge in [-0.25, -0.2) is 4.98 Å². The third kappa shape index (κ3) is 2.87. The second-order valence-corrected chi connectivity index (χ2v) is 4.00. The molecule has 1 unspecified atom stereocenters. The fraction of sp³-hybridized carbons (Fsp3) is 0.625. The van der Waals surface area contributed by atoms with Crippen LogP contribution in [0.2, 0.25) is 0 Å². The van der Waals surface area contributed by atoms with Crippen LogP contribution in [0.15, 0.2) is 17.6 Å². The van der Waals surface area contributed by atoms with E-state index in [2.05, 4.69) is 9.97 Å². The van der Waals surface area contributed by atoms with Crippen LogP contribution in [0.25, 0.3) is 0 Å². The molecular weight excluding hydrogens is 172 g/mol. The highest BCUT2D eigenvalue weighted by molar-refractivity contribution is 7.99. The summed E-state index contributed by atoms with van der Waals surface area (Å²) in [6, 6.07) is 0. The van der Waals surface area contributed by atoms with E-state index in [1.807, 2.05) is 13.8 Å². The van der Waals surface area contributed by atoms with Crippen LogP contribution in [0.4, 0.5) is 0 Å². The number of rotatable bonds is 4. The highest BCUT2D eigenvalue weighted by Crippen LogP contribution is 2.20. The van der Waals surface area contributed by atoms with Gasteiger partial charge >= 0.3 is 0 Å². The topological polar surface area (TPSA) is 48.9 Å². The van der Waals surface area contributed by atoms with Crippen molar-refractivity contribution in [2.24, 2.45) is 0 Å². The second-order valence-electron chi connectivity index (χ2n) is 3.03. The quantitative estimate of drug-likeness (QED) is 0.703. The fourth-order valence-corrected chi connectivity index (χ4v) is 1.59. The van der Waals surface area contributed by atoms with Gasteiger partial charge in [-0.2, -0.15) is 0 Å². The Labute approximate surface area is 76.6 Å². The summed E-state index contributed by atoms with van der Waals surface area (Å²) in [5.74, 6) is 0.678. The van der Waals surface area contributed by atoms with Crippen molar-refractivity contribution in [3.8, 4) is 0 Å². The minimum Gasteiger partial charge on any atom is -0.389 e. The van der Waals surface area contributed by atoms with Crippen LogP contribution in [0.1, 0.15) is 20.3 Å². The lowest BCUT2D eigenvalue weighted by atomic mass is 10.1. The molecule has 3 nitrogen and oxygen atoms in total. The Morgan fingerprint density at radius 3 is 3.00 bits per heavy atom. The van der Waals surface area contributed by atoms with Crippen LogP contribution in [0, 0.1) is 0 Å². The van der Waals surface area contributed by atoms with Gasteiger partial charge in [0.25, 0.3) is 0 Å². The van der Waals surface area contributed by atoms with Crippen LogP contribution < -0.4 is 0 Å². The van der Waals surface area contributed by atoms with Crippen molar-refractivity contribution < 1.29 is 5.11 Å². The van der Waals surface area contributed by atoms with Gasteiger partial charge in [-0.1, -0.05) is 18.7 Å². The monoisotopic (exact) mass is 186 g/mol. The number of hydrogen-bond acceptors (Lipinski definition) is 3. The number of hydrogen-bond donors (Lipinski definition) is 2. The Morgan fingerprint density at radius 1 is 1.75 bits per heavy atom. The maximum absolute atomic E-state index is 9.66. The average Bonchev–Trinajstić information content (AvgIpc) is 2.53. The van der Waals surface area contributed by atoms with E-state index in [0.717, 1.165) is 11.6 Å². The van der Waals surface area contributed by atoms with Crippen molar-refractivity contribution in [3.63, 3.8) is 0 Å². The van der Waals surface area contributed by atoms with Gasteiger partial charge in [0.05, 0.1) is 5.60 Å². The summed E-state index contributed by atoms with van der Waals surface area (Å²) in [6.07, 6.45) is 4.26. The molecule has 1 rings (SSSR count). The number of aliphatic hydroxyl groups is 1. The average molecular weight is 186 g/mol. The van der Waals surface area contributed by atoms with E-state index in [1.54, 1.807) is 24.2 Å². The molecule has 1 aromatic heterocycles. The van der Waals surface area contributed by atoms with Crippen LogP contribution in [-0.4, -0.2) is 26.4 Å². The van der Waals surface area contributed by atoms with Gasteiger partial charge in [-0.15, -0.1) is 0 Å². The molecule has 1 atom stereocenters. The minimum atomic E-state index is -0.586. The fourth-order valence-electron chi connectivity index (χ4n) is 0.656. The smallest absolute Gasteiger partial charge is 0.165 e. The zero-order valence-electron chi connectivity index (χ0n) is 7.37. The van der Waals surface area contributed by atoms with Crippen molar-refractivity contribution in [1.29, 1.82) is 0 Å². The molecule has 0 aliphatic heterocycles. The standard InChI is InChI=1S/C8H14N2OS/c1-3-8(2,11)6-12-7-9-4-5-10-7/h4-5,11H,3,6H2,1-2H3,(H,9,10). The van der Waals surface area contributed by atoms with Gasteiger partial charge in [0.15, 0.2) is 5.16 Å². The number of aromatic amines is 1. The number of nitrogens with one attached hydrogen (secondary N) is 1. The molecule has 0 aliphatic rings. The summed E-state index contributed by atoms with van der Waals surface area (Å²) in [7, 11) is 0. The maximum atomic E-state index is 9.66. The van der Waals surface area contributed by atoms with Gasteiger partial charge in [-0.05, 0) is 13.3 Å². The Kier molecular flexibility index (Phi) is 3.17. The molecule has 0 aliphatic carbocycles. The predicted octanol–water partition coefficient (Wildman–Crippen LogP) is 1.66. The van der Waals surface area contributed by atoms with Gasteiger partial charge in [0.2, 0.25) is 0 Å². The summed E-state index contributed by atoms with van der Waals surface area (Å²) < 4.78 is 0. The van der Waals surface area contributed by atoms with Crippen molar-refractivity contribution in [1.82, 2.24) is 9.97 Å². The Bertz CT molecular complexity index is 221. The van der Waals surface area contributed by atoms with E-state index < -0.39 is 5.60 Å². The number of nitrogens with zero attached hydrogens (tertiary/aromatic N) is 1. The predicted molar refractivity (Wildman–Crippen MR) is 50.2 cm³/mol. The number of aromatic nitrogens is 2. The Balaban J connectivity index is 2.36. The third-order valence-electron chi connectivity index (χ3n) is 1.75. The largest absolute Gasteiger partial charge is 0.389 e. The molecule has 0 spiro atoms. The molecule has 4 heteroatoms. The maximum Gasteiger partial charge on any atom is 0.165 e. The molecular formula is C8H14N2OS. The number of thioether (sulfide) groups is 1. The van der Waals surface area contributed by atoms with Crippen LogP contribution in [0.3, 0.4) is 0 Å². The van der Waals surface area contributed by atoms with Gasteiger partial charge < -0.3 is 10.1 Å². The lowest BCUT2D eigenvalue weighted by molar-refractivity contribution is 0.0815. The van der Waals surface area contributed by atoms with E-state index in [4.69, 9.17) is 0 Å². The highest BCUT2D eigenvalue weighted by Gasteiger charge is 2.17. The molecule has 0 aromatic carbocycles. The van der Waals surface area contributed by atoms with Crippen LogP contribution in [-0.2, 0) is 0 Å². The van der Waals surface area contributed by atoms with Gasteiger partial charge in [0, 0.05) is 18.1 Å². The first-order valence-corrected chi connectivity index (χ1v) is 4.97. The first-order valence-electron chi connectivity index (χ1n) is 3.98. The van der Waals surface area contributed by atoms with E-state index >= 15 is 0 Å². The first-order chi connectivity index (χ1) is 5.64. The molecule has 0 fully saturated rings. The van der Waals surface area contributed by atoms with E-state index in [-0.39, 0.29) is 0 Å². The van der Waals surface area contributed by atoms with Crippen LogP contribution in [0.5, 0.6) is 0 Å². The second kappa shape index (κ2) is 3.96. The molecule has 0 radical (unpaired) electrons. The molecule has 1 aromatic rings. The third-order valence-corrected chi connectivity index (χ3v) is 3.02. The van der Waals surface area contributed by atoms with Crippen molar-refractivity contribution in [3.05, 3.63) is 12.4 Å². The molecule has 68 valence electrons. The summed E-state index contributed by atoms with van der Waals surface area (Å²) >= 11 is 1.54. The zero-order chi connectivity index (χ0) is 9.03. The lowest BCUT2D eigenvalue weighted by Crippen LogP contribution is -2.25. The van der Waals surface area contributed by atoms with Gasteiger partial charge in [-0.3, -0.25) is 0 Å². The lowest BCUT2D eigenvalue weighted by Gasteiger charge is -2.19. The molecule has 12 heavy (non-hydrogen) atoms. The van der Waals surface area contributed by atoms with Crippen molar-refractivity contribution >= 4 is 11.8 Å². The Morgan fingerprint density at radius 2 is 2.50 bits per heavy atom. The molecule has 0 amide bonds. The highest BCUT2D eigenvalue weighted by atomic mass is 32.2. The summed E-state index contributed by atoms with van der Waals surface area (Å²) in [5.41, 5.74) is -0.586. The van der Waals surface area contributed by atoms with Crippen molar-refractivity contribution in [2.75, 3.05) is 5.75 Å². The summed E-state index contributed by atoms with van der Waals surface area (Å²) in [4.78, 5) is 7.02. The SMILES string of the molecule is CCC(C)(O)CSc1ncc[nH]1. The molecule has 0 bridgehead atoms. The number of imidazole rings is 1. The van der Waals surface area contributed by atoms with Crippen LogP contribution >= 0.6 is 11.8 Å². The first kappa shape index (κ1) is 9.61. The molecule has 0 saturated carbocycles. The molecule has 0 saturated heterocycles. The number of H-pyrrole nitrogens is 1. The van der Waals surface area contributed by atoms with Gasteiger partial charge in [0.1, 0.15) is 0 Å². The van der Waals surface area contributed by atoms with E-state index in [0.29, 0.717) is 5.75 Å². The molecule has 2 N–H and O–H groups in total. The summed E-state index contributed by atoms with van der Waals surface area (Å²) in [5, 5.41) is 10.5. The normalized spacial score (nSPS) is 15.9. The Hall–Kier alpha value is -0.480.